The Morgan fingerprint density at radius 2 is 1.49 bits per heavy atom. The number of ether oxygens (including phenoxy) is 1. The normalized spacial score (nSPS) is 24.9. The van der Waals surface area contributed by atoms with Crippen LogP contribution in [0.15, 0.2) is 41.5 Å². The number of aliphatic carboxylic acids is 1. The molecule has 68 heavy (non-hydrogen) atoms. The van der Waals surface area contributed by atoms with Crippen LogP contribution in [0.2, 0.25) is 0 Å². The molecule has 15 N–H and O–H groups in total. The van der Waals surface area contributed by atoms with Crippen LogP contribution in [0.1, 0.15) is 56.2 Å². The number of nitrogens with zero attached hydrogens (tertiary/aromatic N) is 4. The molecule has 1 aromatic carbocycles. The molecule has 2 saturated heterocycles. The zero-order valence-electron chi connectivity index (χ0n) is 37.1. The lowest BCUT2D eigenvalue weighted by Crippen LogP contribution is -2.63. The van der Waals surface area contributed by atoms with Crippen molar-refractivity contribution in [2.45, 2.75) is 119 Å². The largest absolute Gasteiger partial charge is 0.481 e. The van der Waals surface area contributed by atoms with E-state index in [0.29, 0.717) is 17.7 Å². The Morgan fingerprint density at radius 1 is 0.824 bits per heavy atom. The van der Waals surface area contributed by atoms with E-state index in [-0.39, 0.29) is 77.1 Å². The van der Waals surface area contributed by atoms with Crippen molar-refractivity contribution >= 4 is 53.3 Å². The van der Waals surface area contributed by atoms with Gasteiger partial charge < -0.3 is 73.8 Å². The standard InChI is InChI=1S/C41H60FN13O13/c42-13-6-10-23-20-55(54-53-23)21-30(57)47-18-28-32(60)33(61)34(62)35(68-28)40(67)45-14-5-4-11-25-37(64)50-24(12-7-15-46-41(43)44)36(63)48-19-29(56)49-27(17-31(58)59)39(66)52-26(38(65)51-25)16-22-8-2-1-3-9-22/h1-3,8-9,20,24-28,32-35,60-62H,4-7,10-19,21H2,(H,45,67)(H,47,57)(H,48,63)(H,49,56)(H,50,64)(H,51,65)(H,52,66)(H,58,59)(H4,43,44,46)/t24-,25-,26+,27-,28+,32+,33?,34-,35?/m0/s1. The van der Waals surface area contributed by atoms with Gasteiger partial charge in [-0.25, -0.2) is 4.68 Å². The molecule has 374 valence electrons. The lowest BCUT2D eigenvalue weighted by molar-refractivity contribution is -0.219. The molecule has 0 bridgehead atoms. The highest BCUT2D eigenvalue weighted by Crippen LogP contribution is 2.21. The second kappa shape index (κ2) is 27.1. The predicted molar refractivity (Wildman–Crippen MR) is 234 cm³/mol. The molecule has 26 nitrogen and oxygen atoms in total. The third-order valence-electron chi connectivity index (χ3n) is 10.7. The van der Waals surface area contributed by atoms with E-state index in [0.717, 1.165) is 0 Å². The average molecular weight is 962 g/mol. The first-order chi connectivity index (χ1) is 32.4. The number of carboxylic acids is 1. The van der Waals surface area contributed by atoms with Crippen LogP contribution >= 0.6 is 0 Å². The summed E-state index contributed by atoms with van der Waals surface area (Å²) in [5, 5.41) is 66.4. The van der Waals surface area contributed by atoms with Gasteiger partial charge in [-0.15, -0.1) is 5.10 Å². The highest BCUT2D eigenvalue weighted by atomic mass is 19.1. The number of guanidine groups is 1. The summed E-state index contributed by atoms with van der Waals surface area (Å²) in [5.74, 6) is -7.62. The van der Waals surface area contributed by atoms with Gasteiger partial charge in [0.05, 0.1) is 25.3 Å². The first kappa shape index (κ1) is 53.8. The van der Waals surface area contributed by atoms with Gasteiger partial charge in [-0.1, -0.05) is 35.5 Å². The fourth-order valence-electron chi connectivity index (χ4n) is 7.15. The zero-order chi connectivity index (χ0) is 49.8. The van der Waals surface area contributed by atoms with Crippen molar-refractivity contribution in [3.8, 4) is 0 Å². The molecule has 7 amide bonds. The number of rotatable bonds is 21. The van der Waals surface area contributed by atoms with Crippen molar-refractivity contribution < 1.29 is 67.9 Å². The number of amides is 7. The molecule has 27 heteroatoms. The van der Waals surface area contributed by atoms with Crippen LogP contribution in [0.4, 0.5) is 4.39 Å². The number of aliphatic imine (C=N–C) groups is 1. The lowest BCUT2D eigenvalue weighted by atomic mass is 9.94. The summed E-state index contributed by atoms with van der Waals surface area (Å²) < 4.78 is 19.3. The fourth-order valence-corrected chi connectivity index (χ4v) is 7.15. The number of hydrogen-bond donors (Lipinski definition) is 13. The number of aliphatic hydroxyl groups is 3. The number of aromatic nitrogens is 3. The predicted octanol–water partition coefficient (Wildman–Crippen LogP) is -5.73. The number of carbonyl (C=O) groups excluding carboxylic acids is 7. The molecule has 4 rings (SSSR count). The lowest BCUT2D eigenvalue weighted by Gasteiger charge is -2.40. The van der Waals surface area contributed by atoms with Crippen LogP contribution in [0.25, 0.3) is 0 Å². The summed E-state index contributed by atoms with van der Waals surface area (Å²) in [7, 11) is 0. The maximum atomic E-state index is 14.0. The Hall–Kier alpha value is -6.84. The number of halogens is 1. The summed E-state index contributed by atoms with van der Waals surface area (Å²) >= 11 is 0. The molecule has 2 aromatic rings. The number of aryl methyl sites for hydroxylation is 1. The summed E-state index contributed by atoms with van der Waals surface area (Å²) in [5.41, 5.74) is 11.9. The number of aliphatic hydroxyl groups excluding tert-OH is 3. The van der Waals surface area contributed by atoms with Crippen molar-refractivity contribution in [2.24, 2.45) is 16.5 Å². The SMILES string of the molecule is NC(N)=NCCC[C@@H]1NC(=O)[C@H](CCCCNC(=O)C2O[C@H](CNC(=O)Cn3cc(CCCF)nn3)[C@@H](O)C(O)[C@@H]2O)NC(=O)[C@@H](Cc2ccccc2)NC(=O)[C@H](CC(=O)O)NC(=O)CNC1=O. The number of carboxylic acid groups (broad SMARTS) is 1. The maximum absolute atomic E-state index is 14.0. The van der Waals surface area contributed by atoms with Crippen LogP contribution in [0.5, 0.6) is 0 Å². The number of nitrogens with one attached hydrogen (secondary N) is 7. The van der Waals surface area contributed by atoms with Gasteiger partial charge in [0.15, 0.2) is 12.1 Å². The molecule has 3 heterocycles. The van der Waals surface area contributed by atoms with Crippen molar-refractivity contribution in [3.63, 3.8) is 0 Å². The molecule has 1 aromatic heterocycles. The van der Waals surface area contributed by atoms with Gasteiger partial charge in [0.1, 0.15) is 55.1 Å². The molecular weight excluding hydrogens is 902 g/mol. The van der Waals surface area contributed by atoms with E-state index in [9.17, 15) is 63.2 Å². The van der Waals surface area contributed by atoms with E-state index < -0.39 is 122 Å². The zero-order valence-corrected chi connectivity index (χ0v) is 37.1. The van der Waals surface area contributed by atoms with E-state index in [1.165, 1.54) is 10.9 Å². The van der Waals surface area contributed by atoms with Gasteiger partial charge >= 0.3 is 5.97 Å². The first-order valence-corrected chi connectivity index (χ1v) is 21.9. The van der Waals surface area contributed by atoms with Crippen molar-refractivity contribution in [3.05, 3.63) is 47.8 Å². The molecule has 0 spiro atoms. The molecule has 9 atom stereocenters. The molecule has 2 aliphatic heterocycles. The summed E-state index contributed by atoms with van der Waals surface area (Å²) in [6.45, 7) is -1.94. The van der Waals surface area contributed by atoms with E-state index in [4.69, 9.17) is 16.2 Å². The Morgan fingerprint density at radius 3 is 2.18 bits per heavy atom. The third-order valence-corrected chi connectivity index (χ3v) is 10.7. The molecule has 0 aliphatic carbocycles. The minimum atomic E-state index is -1.87. The molecule has 0 saturated carbocycles. The van der Waals surface area contributed by atoms with Gasteiger partial charge in [0, 0.05) is 32.3 Å². The van der Waals surface area contributed by atoms with Gasteiger partial charge in [0.2, 0.25) is 35.4 Å². The quantitative estimate of drug-likeness (QED) is 0.0315. The highest BCUT2D eigenvalue weighted by Gasteiger charge is 2.46. The topological polar surface area (TPSA) is 406 Å². The van der Waals surface area contributed by atoms with E-state index >= 15 is 0 Å². The molecule has 2 aliphatic rings. The van der Waals surface area contributed by atoms with E-state index in [1.807, 2.05) is 0 Å². The fraction of sp³-hybridized carbons (Fsp3) is 0.585. The van der Waals surface area contributed by atoms with Crippen LogP contribution in [0.3, 0.4) is 0 Å². The molecule has 2 fully saturated rings. The van der Waals surface area contributed by atoms with Crippen LogP contribution < -0.4 is 48.7 Å². The van der Waals surface area contributed by atoms with E-state index in [1.54, 1.807) is 30.3 Å². The van der Waals surface area contributed by atoms with Gasteiger partial charge in [-0.05, 0) is 50.5 Å². The number of nitrogens with two attached hydrogens (primary N) is 2. The minimum Gasteiger partial charge on any atom is -0.481 e. The number of alkyl halides is 1. The second-order valence-electron chi connectivity index (χ2n) is 16.1. The molecular formula is C41H60FN13O13. The van der Waals surface area contributed by atoms with Gasteiger partial charge in [-0.2, -0.15) is 0 Å². The van der Waals surface area contributed by atoms with E-state index in [2.05, 4.69) is 52.5 Å². The minimum absolute atomic E-state index is 0.0394. The Balaban J connectivity index is 1.45. The second-order valence-corrected chi connectivity index (χ2v) is 16.1. The Labute approximate surface area is 388 Å². The summed E-state index contributed by atoms with van der Waals surface area (Å²) in [6.07, 6.45) is -7.09. The highest BCUT2D eigenvalue weighted by molar-refractivity contribution is 5.98. The number of hydrogen-bond acceptors (Lipinski definition) is 15. The van der Waals surface area contributed by atoms with Crippen LogP contribution in [-0.2, 0) is 62.5 Å². The summed E-state index contributed by atoms with van der Waals surface area (Å²) in [4.78, 5) is 109. The summed E-state index contributed by atoms with van der Waals surface area (Å²) in [6, 6.07) is 2.70. The number of benzene rings is 1. The molecule has 2 unspecified atom stereocenters. The van der Waals surface area contributed by atoms with Gasteiger partial charge in [-0.3, -0.25) is 47.7 Å². The third kappa shape index (κ3) is 17.4. The van der Waals surface area contributed by atoms with Crippen LogP contribution in [0, 0.1) is 0 Å². The first-order valence-electron chi connectivity index (χ1n) is 21.9. The Kier molecular flexibility index (Phi) is 21.4. The maximum Gasteiger partial charge on any atom is 0.305 e. The number of carbonyl (C=O) groups is 8. The molecule has 0 radical (unpaired) electrons. The average Bonchev–Trinajstić information content (AvgIpc) is 3.75. The van der Waals surface area contributed by atoms with Crippen molar-refractivity contribution in [2.75, 3.05) is 32.9 Å². The number of unbranched alkanes of at least 4 members (excludes halogenated alkanes) is 1. The van der Waals surface area contributed by atoms with Crippen molar-refractivity contribution in [1.29, 1.82) is 0 Å². The van der Waals surface area contributed by atoms with Crippen LogP contribution in [-0.4, -0.2) is 176 Å². The van der Waals surface area contributed by atoms with Crippen molar-refractivity contribution in [1.82, 2.24) is 52.2 Å². The van der Waals surface area contributed by atoms with Gasteiger partial charge in [0.25, 0.3) is 5.91 Å². The smallest absolute Gasteiger partial charge is 0.305 e. The Bertz CT molecular complexity index is 2080. The monoisotopic (exact) mass is 961 g/mol.